The van der Waals surface area contributed by atoms with E-state index in [2.05, 4.69) is 10.5 Å². The van der Waals surface area contributed by atoms with Gasteiger partial charge in [0.2, 0.25) is 0 Å². The predicted molar refractivity (Wildman–Crippen MR) is 63.9 cm³/mol. The van der Waals surface area contributed by atoms with Gasteiger partial charge < -0.3 is 0 Å². The molecule has 3 rings (SSSR count). The molecular formula is C13H7FNS. The molecule has 0 spiro atoms. The van der Waals surface area contributed by atoms with E-state index in [-0.39, 0.29) is 5.82 Å². The zero-order valence-corrected chi connectivity index (χ0v) is 9.09. The summed E-state index contributed by atoms with van der Waals surface area (Å²) in [5.74, 6) is -0.196. The fourth-order valence-electron chi connectivity index (χ4n) is 1.79. The van der Waals surface area contributed by atoms with Gasteiger partial charge in [-0.15, -0.1) is 11.3 Å². The van der Waals surface area contributed by atoms with Crippen LogP contribution in [-0.2, 0) is 0 Å². The molecule has 1 aromatic heterocycles. The first-order valence-electron chi connectivity index (χ1n) is 4.85. The highest BCUT2D eigenvalue weighted by Gasteiger charge is 2.08. The number of halogens is 1. The van der Waals surface area contributed by atoms with Crippen molar-refractivity contribution in [3.8, 4) is 11.3 Å². The molecule has 0 amide bonds. The second kappa shape index (κ2) is 3.68. The summed E-state index contributed by atoms with van der Waals surface area (Å²) in [5, 5.41) is 3.44. The van der Waals surface area contributed by atoms with Crippen LogP contribution in [0.25, 0.3) is 22.0 Å². The van der Waals surface area contributed by atoms with Crippen LogP contribution >= 0.6 is 11.3 Å². The summed E-state index contributed by atoms with van der Waals surface area (Å²) < 4.78 is 13.6. The highest BCUT2D eigenvalue weighted by Crippen LogP contribution is 2.29. The van der Waals surface area contributed by atoms with Crippen LogP contribution in [0, 0.1) is 11.3 Å². The molecule has 0 saturated carbocycles. The maximum Gasteiger partial charge on any atom is 0.152 e. The van der Waals surface area contributed by atoms with Crippen molar-refractivity contribution in [3.05, 3.63) is 53.1 Å². The van der Waals surface area contributed by atoms with Crippen LogP contribution < -0.4 is 0 Å². The predicted octanol–water partition coefficient (Wildman–Crippen LogP) is 3.90. The van der Waals surface area contributed by atoms with Crippen molar-refractivity contribution in [3.63, 3.8) is 0 Å². The van der Waals surface area contributed by atoms with Gasteiger partial charge in [0.05, 0.1) is 5.69 Å². The molecule has 77 valence electrons. The average molecular weight is 228 g/mol. The molecule has 1 heterocycles. The Labute approximate surface area is 96.2 Å². The molecule has 0 fully saturated rings. The fraction of sp³-hybridized carbons (Fsp3) is 0. The number of aromatic nitrogens is 1. The second-order valence-electron chi connectivity index (χ2n) is 3.46. The van der Waals surface area contributed by atoms with E-state index in [9.17, 15) is 4.39 Å². The monoisotopic (exact) mass is 228 g/mol. The molecule has 0 saturated heterocycles. The van der Waals surface area contributed by atoms with Gasteiger partial charge in [0.1, 0.15) is 5.82 Å². The number of hydrogen-bond donors (Lipinski definition) is 0. The Morgan fingerprint density at radius 3 is 2.62 bits per heavy atom. The van der Waals surface area contributed by atoms with Crippen molar-refractivity contribution in [2.45, 2.75) is 0 Å². The van der Waals surface area contributed by atoms with E-state index in [1.54, 1.807) is 12.1 Å². The van der Waals surface area contributed by atoms with Crippen molar-refractivity contribution >= 4 is 22.1 Å². The molecule has 3 heteroatoms. The molecule has 2 aromatic carbocycles. The van der Waals surface area contributed by atoms with Gasteiger partial charge in [-0.25, -0.2) is 9.37 Å². The highest BCUT2D eigenvalue weighted by atomic mass is 32.1. The minimum Gasteiger partial charge on any atom is -0.233 e. The zero-order chi connectivity index (χ0) is 11.0. The zero-order valence-electron chi connectivity index (χ0n) is 8.27. The molecule has 3 aromatic rings. The van der Waals surface area contributed by atoms with Gasteiger partial charge in [0.25, 0.3) is 0 Å². The number of rotatable bonds is 1. The van der Waals surface area contributed by atoms with Crippen LogP contribution in [0.4, 0.5) is 4.39 Å². The Morgan fingerprint density at radius 2 is 1.88 bits per heavy atom. The van der Waals surface area contributed by atoms with E-state index >= 15 is 0 Å². The van der Waals surface area contributed by atoms with Gasteiger partial charge in [-0.1, -0.05) is 24.3 Å². The first-order chi connectivity index (χ1) is 7.86. The quantitative estimate of drug-likeness (QED) is 0.615. The molecule has 1 nitrogen and oxygen atoms in total. The molecule has 0 N–H and O–H groups in total. The van der Waals surface area contributed by atoms with Crippen molar-refractivity contribution in [2.24, 2.45) is 0 Å². The van der Waals surface area contributed by atoms with E-state index in [1.807, 2.05) is 23.6 Å². The van der Waals surface area contributed by atoms with Gasteiger partial charge in [-0.3, -0.25) is 0 Å². The Bertz CT molecular complexity index is 631. The molecule has 0 unspecified atom stereocenters. The summed E-state index contributed by atoms with van der Waals surface area (Å²) in [7, 11) is 0. The molecule has 0 aliphatic heterocycles. The van der Waals surface area contributed by atoms with Crippen LogP contribution in [0.5, 0.6) is 0 Å². The summed E-state index contributed by atoms with van der Waals surface area (Å²) >= 11 is 1.42. The number of nitrogens with zero attached hydrogens (tertiary/aromatic N) is 1. The summed E-state index contributed by atoms with van der Waals surface area (Å²) in [6.07, 6.45) is 0. The maximum atomic E-state index is 13.6. The summed E-state index contributed by atoms with van der Waals surface area (Å²) in [6.45, 7) is 0. The fourth-order valence-corrected chi connectivity index (χ4v) is 2.29. The summed E-state index contributed by atoms with van der Waals surface area (Å²) in [6, 6.07) is 10.7. The molecule has 1 radical (unpaired) electrons. The Balaban J connectivity index is 2.39. The van der Waals surface area contributed by atoms with E-state index in [0.717, 1.165) is 16.6 Å². The lowest BCUT2D eigenvalue weighted by atomic mass is 10.0. The van der Waals surface area contributed by atoms with Crippen molar-refractivity contribution in [2.75, 3.05) is 0 Å². The number of thiazole rings is 1. The normalized spacial score (nSPS) is 10.8. The molecular weight excluding hydrogens is 221 g/mol. The van der Waals surface area contributed by atoms with Gasteiger partial charge in [-0.2, -0.15) is 0 Å². The van der Waals surface area contributed by atoms with Crippen molar-refractivity contribution in [1.29, 1.82) is 0 Å². The standard InChI is InChI=1S/C13H7FNS/c14-12-6-5-11(13-7-16-8-15-13)9-3-1-2-4-10(9)12/h1-7H. The van der Waals surface area contributed by atoms with Gasteiger partial charge in [0.15, 0.2) is 5.51 Å². The SMILES string of the molecule is Fc1ccc(-c2cs[c]n2)c2ccccc12. The second-order valence-corrected chi connectivity index (χ2v) is 4.12. The third kappa shape index (κ3) is 1.41. The largest absolute Gasteiger partial charge is 0.233 e. The van der Waals surface area contributed by atoms with Crippen LogP contribution in [0.2, 0.25) is 0 Å². The first kappa shape index (κ1) is 9.48. The Morgan fingerprint density at radius 1 is 1.06 bits per heavy atom. The topological polar surface area (TPSA) is 12.9 Å². The molecule has 0 bridgehead atoms. The Hall–Kier alpha value is -1.74. The number of benzene rings is 2. The minimum atomic E-state index is -0.196. The van der Waals surface area contributed by atoms with Crippen LogP contribution in [0.3, 0.4) is 0 Å². The lowest BCUT2D eigenvalue weighted by Crippen LogP contribution is -1.84. The third-order valence-corrected chi connectivity index (χ3v) is 3.07. The lowest BCUT2D eigenvalue weighted by Gasteiger charge is -2.04. The van der Waals surface area contributed by atoms with Gasteiger partial charge in [-0.05, 0) is 17.5 Å². The molecule has 0 atom stereocenters. The van der Waals surface area contributed by atoms with E-state index in [1.165, 1.54) is 17.4 Å². The summed E-state index contributed by atoms with van der Waals surface area (Å²) in [5.41, 5.74) is 4.61. The van der Waals surface area contributed by atoms with Crippen LogP contribution in [0.15, 0.2) is 41.8 Å². The Kier molecular flexibility index (Phi) is 2.18. The third-order valence-electron chi connectivity index (χ3n) is 2.54. The number of fused-ring (bicyclic) bond motifs is 1. The van der Waals surface area contributed by atoms with E-state index in [0.29, 0.717) is 5.39 Å². The molecule has 0 aliphatic rings. The van der Waals surface area contributed by atoms with E-state index in [4.69, 9.17) is 0 Å². The first-order valence-corrected chi connectivity index (χ1v) is 5.73. The molecule has 0 aliphatic carbocycles. The smallest absolute Gasteiger partial charge is 0.152 e. The summed E-state index contributed by atoms with van der Waals surface area (Å²) in [4.78, 5) is 4.14. The van der Waals surface area contributed by atoms with Crippen LogP contribution in [-0.4, -0.2) is 4.98 Å². The lowest BCUT2D eigenvalue weighted by molar-refractivity contribution is 0.640. The molecule has 16 heavy (non-hydrogen) atoms. The van der Waals surface area contributed by atoms with Gasteiger partial charge >= 0.3 is 0 Å². The van der Waals surface area contributed by atoms with E-state index < -0.39 is 0 Å². The maximum absolute atomic E-state index is 13.6. The average Bonchev–Trinajstić information content (AvgIpc) is 2.83. The van der Waals surface area contributed by atoms with Crippen molar-refractivity contribution < 1.29 is 4.39 Å². The highest BCUT2D eigenvalue weighted by molar-refractivity contribution is 7.07. The van der Waals surface area contributed by atoms with Gasteiger partial charge in [0, 0.05) is 16.3 Å². The van der Waals surface area contributed by atoms with Crippen molar-refractivity contribution in [1.82, 2.24) is 4.98 Å². The number of hydrogen-bond acceptors (Lipinski definition) is 2. The minimum absolute atomic E-state index is 0.196. The van der Waals surface area contributed by atoms with Crippen LogP contribution in [0.1, 0.15) is 0 Å².